The minimum Gasteiger partial charge on any atom is -0.299 e. The Labute approximate surface area is 164 Å². The Morgan fingerprint density at radius 2 is 1.89 bits per heavy atom. The van der Waals surface area contributed by atoms with Crippen molar-refractivity contribution in [3.63, 3.8) is 0 Å². The number of halogens is 1. The third-order valence-electron chi connectivity index (χ3n) is 5.41. The highest BCUT2D eigenvalue weighted by molar-refractivity contribution is 7.92. The SMILES string of the molecule is CC(C)(C)S(=O)(=O)CC1CCC(C(=O)Cc2nc3ccc(F)cc3s2)CC1. The Hall–Kier alpha value is -1.34. The molecule has 0 bridgehead atoms. The van der Waals surface area contributed by atoms with E-state index in [0.717, 1.165) is 40.9 Å². The number of rotatable bonds is 5. The molecule has 0 radical (unpaired) electrons. The van der Waals surface area contributed by atoms with Gasteiger partial charge in [0.25, 0.3) is 0 Å². The van der Waals surface area contributed by atoms with Crippen LogP contribution in [0.2, 0.25) is 0 Å². The summed E-state index contributed by atoms with van der Waals surface area (Å²) in [6.07, 6.45) is 3.30. The van der Waals surface area contributed by atoms with Crippen LogP contribution < -0.4 is 0 Å². The third-order valence-corrected chi connectivity index (χ3v) is 9.20. The van der Waals surface area contributed by atoms with Crippen LogP contribution in [-0.2, 0) is 21.1 Å². The van der Waals surface area contributed by atoms with E-state index < -0.39 is 14.6 Å². The lowest BCUT2D eigenvalue weighted by molar-refractivity contribution is -0.123. The molecule has 1 heterocycles. The molecule has 1 aliphatic rings. The highest BCUT2D eigenvalue weighted by atomic mass is 32.2. The van der Waals surface area contributed by atoms with Gasteiger partial charge in [0.1, 0.15) is 16.6 Å². The number of carbonyl (C=O) groups is 1. The van der Waals surface area contributed by atoms with E-state index in [1.54, 1.807) is 26.8 Å². The average Bonchev–Trinajstić information content (AvgIpc) is 2.95. The largest absolute Gasteiger partial charge is 0.299 e. The molecule has 1 fully saturated rings. The fourth-order valence-corrected chi connectivity index (χ4v) is 5.98. The third kappa shape index (κ3) is 4.74. The van der Waals surface area contributed by atoms with Crippen LogP contribution in [0.4, 0.5) is 4.39 Å². The number of thiazole rings is 1. The molecule has 1 aromatic heterocycles. The molecule has 2 aromatic rings. The van der Waals surface area contributed by atoms with Gasteiger partial charge in [-0.1, -0.05) is 0 Å². The van der Waals surface area contributed by atoms with E-state index in [1.165, 1.54) is 23.5 Å². The molecule has 148 valence electrons. The Balaban J connectivity index is 1.56. The predicted molar refractivity (Wildman–Crippen MR) is 107 cm³/mol. The lowest BCUT2D eigenvalue weighted by atomic mass is 9.80. The van der Waals surface area contributed by atoms with Crippen molar-refractivity contribution >= 4 is 37.2 Å². The number of aromatic nitrogens is 1. The van der Waals surface area contributed by atoms with Gasteiger partial charge in [0.15, 0.2) is 9.84 Å². The van der Waals surface area contributed by atoms with E-state index >= 15 is 0 Å². The molecule has 0 atom stereocenters. The van der Waals surface area contributed by atoms with Gasteiger partial charge in [0.05, 0.1) is 27.1 Å². The van der Waals surface area contributed by atoms with Crippen molar-refractivity contribution in [2.24, 2.45) is 11.8 Å². The maximum atomic E-state index is 13.3. The number of hydrogen-bond donors (Lipinski definition) is 0. The summed E-state index contributed by atoms with van der Waals surface area (Å²) in [6.45, 7) is 5.21. The first kappa shape index (κ1) is 20.4. The summed E-state index contributed by atoms with van der Waals surface area (Å²) in [6, 6.07) is 4.46. The lowest BCUT2D eigenvalue weighted by Gasteiger charge is -2.29. The summed E-state index contributed by atoms with van der Waals surface area (Å²) in [4.78, 5) is 17.1. The van der Waals surface area contributed by atoms with Gasteiger partial charge in [-0.3, -0.25) is 4.79 Å². The van der Waals surface area contributed by atoms with Crippen LogP contribution in [0, 0.1) is 17.7 Å². The van der Waals surface area contributed by atoms with Crippen molar-refractivity contribution in [2.75, 3.05) is 5.75 Å². The number of carbonyl (C=O) groups excluding carboxylic acids is 1. The smallest absolute Gasteiger partial charge is 0.155 e. The maximum absolute atomic E-state index is 13.3. The van der Waals surface area contributed by atoms with Gasteiger partial charge in [0.2, 0.25) is 0 Å². The maximum Gasteiger partial charge on any atom is 0.155 e. The first-order chi connectivity index (χ1) is 12.5. The summed E-state index contributed by atoms with van der Waals surface area (Å²) in [5.41, 5.74) is 0.722. The van der Waals surface area contributed by atoms with Crippen molar-refractivity contribution in [3.05, 3.63) is 29.0 Å². The van der Waals surface area contributed by atoms with E-state index in [-0.39, 0.29) is 35.6 Å². The van der Waals surface area contributed by atoms with Gasteiger partial charge in [-0.05, 0) is 70.6 Å². The first-order valence-corrected chi connectivity index (χ1v) is 11.8. The number of hydrogen-bond acceptors (Lipinski definition) is 5. The second-order valence-electron chi connectivity index (χ2n) is 8.47. The molecular weight excluding hydrogens is 385 g/mol. The van der Waals surface area contributed by atoms with E-state index in [1.807, 2.05) is 0 Å². The molecule has 1 aliphatic carbocycles. The number of sulfone groups is 1. The molecule has 7 heteroatoms. The zero-order valence-electron chi connectivity index (χ0n) is 16.0. The molecule has 1 saturated carbocycles. The monoisotopic (exact) mass is 411 g/mol. The van der Waals surface area contributed by atoms with Gasteiger partial charge >= 0.3 is 0 Å². The standard InChI is InChI=1S/C20H26FNO3S2/c1-20(2,3)27(24,25)12-13-4-6-14(7-5-13)17(23)11-19-22-16-9-8-15(21)10-18(16)26-19/h8-10,13-14H,4-7,11-12H2,1-3H3. The van der Waals surface area contributed by atoms with Crippen LogP contribution in [0.15, 0.2) is 18.2 Å². The summed E-state index contributed by atoms with van der Waals surface area (Å²) in [5.74, 6) is 0.186. The van der Waals surface area contributed by atoms with Crippen LogP contribution in [0.1, 0.15) is 51.5 Å². The molecule has 0 saturated heterocycles. The minimum absolute atomic E-state index is 0.0256. The van der Waals surface area contributed by atoms with Crippen LogP contribution in [0.5, 0.6) is 0 Å². The average molecular weight is 412 g/mol. The van der Waals surface area contributed by atoms with Crippen molar-refractivity contribution in [2.45, 2.75) is 57.6 Å². The predicted octanol–water partition coefficient (Wildman–Crippen LogP) is 4.57. The molecule has 0 N–H and O–H groups in total. The Morgan fingerprint density at radius 3 is 2.52 bits per heavy atom. The number of benzene rings is 1. The molecule has 0 aliphatic heterocycles. The van der Waals surface area contributed by atoms with E-state index in [4.69, 9.17) is 0 Å². The number of fused-ring (bicyclic) bond motifs is 1. The molecule has 0 amide bonds. The van der Waals surface area contributed by atoms with Crippen LogP contribution in [-0.4, -0.2) is 29.7 Å². The highest BCUT2D eigenvalue weighted by Gasteiger charge is 2.34. The van der Waals surface area contributed by atoms with Crippen LogP contribution in [0.25, 0.3) is 10.2 Å². The molecule has 3 rings (SSSR count). The second kappa shape index (κ2) is 7.59. The first-order valence-electron chi connectivity index (χ1n) is 9.35. The van der Waals surface area contributed by atoms with E-state index in [0.29, 0.717) is 0 Å². The minimum atomic E-state index is -3.13. The van der Waals surface area contributed by atoms with E-state index in [2.05, 4.69) is 4.98 Å². The highest BCUT2D eigenvalue weighted by Crippen LogP contribution is 2.33. The molecule has 4 nitrogen and oxygen atoms in total. The molecule has 0 spiro atoms. The summed E-state index contributed by atoms with van der Waals surface area (Å²) >= 11 is 1.36. The number of nitrogens with zero attached hydrogens (tertiary/aromatic N) is 1. The Bertz CT molecular complexity index is 936. The van der Waals surface area contributed by atoms with Crippen LogP contribution in [0.3, 0.4) is 0 Å². The Morgan fingerprint density at radius 1 is 1.22 bits per heavy atom. The topological polar surface area (TPSA) is 64.1 Å². The van der Waals surface area contributed by atoms with Gasteiger partial charge < -0.3 is 0 Å². The van der Waals surface area contributed by atoms with Crippen LogP contribution >= 0.6 is 11.3 Å². The fourth-order valence-electron chi connectivity index (χ4n) is 3.53. The van der Waals surface area contributed by atoms with Crippen molar-refractivity contribution in [3.8, 4) is 0 Å². The van der Waals surface area contributed by atoms with Crippen molar-refractivity contribution in [1.82, 2.24) is 4.98 Å². The Kier molecular flexibility index (Phi) is 5.73. The van der Waals surface area contributed by atoms with Gasteiger partial charge in [-0.15, -0.1) is 11.3 Å². The molecule has 27 heavy (non-hydrogen) atoms. The second-order valence-corrected chi connectivity index (χ2v) is 12.4. The van der Waals surface area contributed by atoms with Gasteiger partial charge in [-0.25, -0.2) is 17.8 Å². The van der Waals surface area contributed by atoms with E-state index in [9.17, 15) is 17.6 Å². The normalized spacial score (nSPS) is 21.5. The summed E-state index contributed by atoms with van der Waals surface area (Å²) in [7, 11) is -3.13. The van der Waals surface area contributed by atoms with Crippen molar-refractivity contribution < 1.29 is 17.6 Å². The zero-order valence-corrected chi connectivity index (χ0v) is 17.6. The summed E-state index contributed by atoms with van der Waals surface area (Å²) < 4.78 is 38.1. The molecular formula is C20H26FNO3S2. The van der Waals surface area contributed by atoms with Gasteiger partial charge in [-0.2, -0.15) is 0 Å². The quantitative estimate of drug-likeness (QED) is 0.723. The zero-order chi connectivity index (χ0) is 19.8. The molecule has 1 aromatic carbocycles. The van der Waals surface area contributed by atoms with Gasteiger partial charge in [0, 0.05) is 5.92 Å². The number of Topliss-reactive ketones (excluding diaryl/α,β-unsaturated/α-hetero) is 1. The van der Waals surface area contributed by atoms with Crippen molar-refractivity contribution in [1.29, 1.82) is 0 Å². The fraction of sp³-hybridized carbons (Fsp3) is 0.600. The molecule has 0 unspecified atom stereocenters. The number of ketones is 1. The lowest BCUT2D eigenvalue weighted by Crippen LogP contribution is -2.35. The summed E-state index contributed by atoms with van der Waals surface area (Å²) in [5, 5.41) is 0.720.